The van der Waals surface area contributed by atoms with E-state index < -0.39 is 54.8 Å². The molecule has 0 spiro atoms. The van der Waals surface area contributed by atoms with Crippen LogP contribution in [-0.2, 0) is 13.8 Å². The van der Waals surface area contributed by atoms with Gasteiger partial charge in [-0.3, -0.25) is 14.3 Å². The highest BCUT2D eigenvalue weighted by Gasteiger charge is 2.49. The average Bonchev–Trinajstić information content (AvgIpc) is 2.85. The molecule has 0 aliphatic carbocycles. The summed E-state index contributed by atoms with van der Waals surface area (Å²) in [5.41, 5.74) is -2.77. The predicted molar refractivity (Wildman–Crippen MR) is 98.5 cm³/mol. The van der Waals surface area contributed by atoms with E-state index in [2.05, 4.69) is 4.98 Å². The van der Waals surface area contributed by atoms with Gasteiger partial charge < -0.3 is 24.4 Å². The molecule has 6 atom stereocenters. The molecule has 160 valence electrons. The Morgan fingerprint density at radius 3 is 2.54 bits per heavy atom. The average molecular weight is 422 g/mol. The van der Waals surface area contributed by atoms with E-state index in [4.69, 9.17) is 9.26 Å². The monoisotopic (exact) mass is 422 g/mol. The third-order valence-electron chi connectivity index (χ3n) is 5.08. The van der Waals surface area contributed by atoms with Crippen LogP contribution in [0.3, 0.4) is 0 Å². The number of aliphatic hydroxyl groups is 2. The van der Waals surface area contributed by atoms with E-state index in [1.165, 1.54) is 6.92 Å². The zero-order valence-corrected chi connectivity index (χ0v) is 17.4. The molecule has 0 saturated carbocycles. The molecular formula is C17H28FN2O7P. The fraction of sp³-hybridized carbons (Fsp3) is 0.765. The lowest BCUT2D eigenvalue weighted by Gasteiger charge is -2.34. The third-order valence-corrected chi connectivity index (χ3v) is 7.09. The molecule has 1 aromatic heterocycles. The molecular weight excluding hydrogens is 394 g/mol. The number of aliphatic hydroxyl groups excluding tert-OH is 2. The molecule has 1 fully saturated rings. The molecule has 2 rings (SSSR count). The number of aryl methyl sites for hydroxylation is 1. The molecule has 1 saturated heterocycles. The summed E-state index contributed by atoms with van der Waals surface area (Å²) < 4.78 is 37.6. The van der Waals surface area contributed by atoms with Crippen molar-refractivity contribution in [3.63, 3.8) is 0 Å². The topological polar surface area (TPSA) is 142 Å². The molecule has 11 heteroatoms. The van der Waals surface area contributed by atoms with Crippen LogP contribution in [0.4, 0.5) is 4.39 Å². The minimum absolute atomic E-state index is 0.00924. The van der Waals surface area contributed by atoms with Gasteiger partial charge in [-0.2, -0.15) is 4.39 Å². The van der Waals surface area contributed by atoms with Gasteiger partial charge in [-0.05, 0) is 20.3 Å². The second-order valence-corrected chi connectivity index (χ2v) is 10.0. The Labute approximate surface area is 162 Å². The number of halogens is 1. The van der Waals surface area contributed by atoms with Gasteiger partial charge in [0.2, 0.25) is 5.95 Å². The SMILES string of the molecule is CCC(C)(CC1OC(c2nc(C)c(=O)[nH]c2F)C(O)C1O)OP(=O)(O)C(C)C. The second kappa shape index (κ2) is 8.30. The Kier molecular flexibility index (Phi) is 6.85. The Bertz CT molecular complexity index is 817. The number of H-pyrrole nitrogens is 1. The number of nitrogens with zero attached hydrogens (tertiary/aromatic N) is 1. The largest absolute Gasteiger partial charge is 0.388 e. The smallest absolute Gasteiger partial charge is 0.331 e. The van der Waals surface area contributed by atoms with Crippen LogP contribution < -0.4 is 5.56 Å². The summed E-state index contributed by atoms with van der Waals surface area (Å²) in [5.74, 6) is -1.05. The van der Waals surface area contributed by atoms with Crippen LogP contribution in [0.15, 0.2) is 4.79 Å². The van der Waals surface area contributed by atoms with Crippen molar-refractivity contribution in [2.24, 2.45) is 0 Å². The summed E-state index contributed by atoms with van der Waals surface area (Å²) in [6.45, 7) is 7.86. The van der Waals surface area contributed by atoms with Crippen molar-refractivity contribution >= 4 is 7.60 Å². The predicted octanol–water partition coefficient (Wildman–Crippen LogP) is 1.55. The van der Waals surface area contributed by atoms with Gasteiger partial charge >= 0.3 is 7.60 Å². The minimum atomic E-state index is -3.90. The summed E-state index contributed by atoms with van der Waals surface area (Å²) >= 11 is 0. The first-order valence-electron chi connectivity index (χ1n) is 9.12. The number of rotatable bonds is 7. The molecule has 1 aliphatic heterocycles. The number of ether oxygens (including phenoxy) is 1. The first-order chi connectivity index (χ1) is 12.8. The molecule has 9 nitrogen and oxygen atoms in total. The standard InChI is InChI=1S/C17H28FN2O7P/c1-6-17(5,27-28(24,25)8(2)3)7-10-12(21)13(22)14(26-10)11-15(18)20-16(23)9(4)19-11/h8,10,12-14,21-22H,6-7H2,1-5H3,(H,20,23)(H,24,25). The van der Waals surface area contributed by atoms with E-state index in [1.807, 2.05) is 4.98 Å². The van der Waals surface area contributed by atoms with Gasteiger partial charge in [0.15, 0.2) is 0 Å². The van der Waals surface area contributed by atoms with Crippen LogP contribution >= 0.6 is 7.60 Å². The van der Waals surface area contributed by atoms with E-state index in [9.17, 15) is 28.9 Å². The summed E-state index contributed by atoms with van der Waals surface area (Å²) in [7, 11) is -3.90. The van der Waals surface area contributed by atoms with Crippen LogP contribution in [0.5, 0.6) is 0 Å². The maximum atomic E-state index is 14.1. The van der Waals surface area contributed by atoms with Crippen molar-refractivity contribution in [3.8, 4) is 0 Å². The minimum Gasteiger partial charge on any atom is -0.388 e. The van der Waals surface area contributed by atoms with E-state index >= 15 is 0 Å². The molecule has 0 amide bonds. The second-order valence-electron chi connectivity index (χ2n) is 7.68. The van der Waals surface area contributed by atoms with Crippen LogP contribution in [0.2, 0.25) is 0 Å². The molecule has 1 aromatic rings. The number of aromatic amines is 1. The zero-order valence-electron chi connectivity index (χ0n) is 16.5. The van der Waals surface area contributed by atoms with Crippen LogP contribution in [-0.4, -0.2) is 54.6 Å². The van der Waals surface area contributed by atoms with Gasteiger partial charge in [0.05, 0.1) is 17.4 Å². The highest BCUT2D eigenvalue weighted by molar-refractivity contribution is 7.53. The highest BCUT2D eigenvalue weighted by atomic mass is 31.2. The van der Waals surface area contributed by atoms with E-state index in [0.29, 0.717) is 6.42 Å². The Balaban J connectivity index is 2.25. The van der Waals surface area contributed by atoms with E-state index in [0.717, 1.165) is 0 Å². The summed E-state index contributed by atoms with van der Waals surface area (Å²) in [5, 5.41) is 20.7. The zero-order chi connectivity index (χ0) is 21.4. The molecule has 0 radical (unpaired) electrons. The van der Waals surface area contributed by atoms with Crippen LogP contribution in [0.1, 0.15) is 58.0 Å². The first-order valence-corrected chi connectivity index (χ1v) is 10.8. The van der Waals surface area contributed by atoms with Gasteiger partial charge in [-0.25, -0.2) is 4.98 Å². The Hall–Kier alpha value is -1.16. The molecule has 4 N–H and O–H groups in total. The van der Waals surface area contributed by atoms with Gasteiger partial charge in [-0.15, -0.1) is 0 Å². The number of hydrogen-bond acceptors (Lipinski definition) is 7. The van der Waals surface area contributed by atoms with Gasteiger partial charge in [0, 0.05) is 6.42 Å². The van der Waals surface area contributed by atoms with Crippen molar-refractivity contribution < 1.29 is 33.3 Å². The Morgan fingerprint density at radius 1 is 1.39 bits per heavy atom. The Morgan fingerprint density at radius 2 is 2.00 bits per heavy atom. The quantitative estimate of drug-likeness (QED) is 0.485. The molecule has 6 unspecified atom stereocenters. The molecule has 28 heavy (non-hydrogen) atoms. The van der Waals surface area contributed by atoms with Crippen LogP contribution in [0, 0.1) is 12.9 Å². The van der Waals surface area contributed by atoms with Crippen molar-refractivity contribution in [1.29, 1.82) is 0 Å². The van der Waals surface area contributed by atoms with Crippen molar-refractivity contribution in [3.05, 3.63) is 27.7 Å². The fourth-order valence-corrected chi connectivity index (χ4v) is 4.01. The molecule has 0 aromatic carbocycles. The summed E-state index contributed by atoms with van der Waals surface area (Å²) in [4.78, 5) is 27.3. The third kappa shape index (κ3) is 4.69. The van der Waals surface area contributed by atoms with Gasteiger partial charge in [0.1, 0.15) is 29.7 Å². The van der Waals surface area contributed by atoms with E-state index in [1.54, 1.807) is 27.7 Å². The fourth-order valence-electron chi connectivity index (χ4n) is 2.96. The maximum Gasteiger partial charge on any atom is 0.331 e. The van der Waals surface area contributed by atoms with Crippen molar-refractivity contribution in [1.82, 2.24) is 9.97 Å². The number of nitrogens with one attached hydrogen (secondary N) is 1. The lowest BCUT2D eigenvalue weighted by atomic mass is 9.92. The summed E-state index contributed by atoms with van der Waals surface area (Å²) in [6, 6.07) is 0. The first kappa shape index (κ1) is 23.1. The molecule has 0 bridgehead atoms. The number of hydrogen-bond donors (Lipinski definition) is 4. The molecule has 2 heterocycles. The maximum absolute atomic E-state index is 14.1. The van der Waals surface area contributed by atoms with Crippen molar-refractivity contribution in [2.75, 3.05) is 0 Å². The van der Waals surface area contributed by atoms with E-state index in [-0.39, 0.29) is 17.8 Å². The lowest BCUT2D eigenvalue weighted by molar-refractivity contribution is -0.0485. The van der Waals surface area contributed by atoms with Gasteiger partial charge in [0.25, 0.3) is 5.56 Å². The highest BCUT2D eigenvalue weighted by Crippen LogP contribution is 2.52. The van der Waals surface area contributed by atoms with Gasteiger partial charge in [-0.1, -0.05) is 20.8 Å². The van der Waals surface area contributed by atoms with Crippen molar-refractivity contribution in [2.45, 2.75) is 83.1 Å². The summed E-state index contributed by atoms with van der Waals surface area (Å²) in [6.07, 6.45) is -4.87. The van der Waals surface area contributed by atoms with Crippen LogP contribution in [0.25, 0.3) is 0 Å². The molecule has 1 aliphatic rings. The lowest BCUT2D eigenvalue weighted by Crippen LogP contribution is -2.38. The number of aromatic nitrogens is 2. The normalized spacial score (nSPS) is 29.6.